The summed E-state index contributed by atoms with van der Waals surface area (Å²) in [6, 6.07) is 50.7. The molecule has 52 heavy (non-hydrogen) atoms. The number of hydrogen-bond acceptors (Lipinski definition) is 6. The molecule has 4 heterocycles. The van der Waals surface area contributed by atoms with E-state index in [-0.39, 0.29) is 6.17 Å². The fourth-order valence-electron chi connectivity index (χ4n) is 8.10. The molecular weight excluding hydrogens is 641 g/mol. The molecule has 0 saturated carbocycles. The highest BCUT2D eigenvalue weighted by molar-refractivity contribution is 6.18. The zero-order valence-electron chi connectivity index (χ0n) is 27.9. The van der Waals surface area contributed by atoms with Gasteiger partial charge in [-0.1, -0.05) is 109 Å². The van der Waals surface area contributed by atoms with Crippen LogP contribution >= 0.6 is 0 Å². The minimum atomic E-state index is -0.394. The molecule has 0 amide bonds. The Morgan fingerprint density at radius 3 is 2.21 bits per heavy atom. The van der Waals surface area contributed by atoms with Crippen molar-refractivity contribution in [1.82, 2.24) is 15.6 Å². The minimum absolute atomic E-state index is 0.271. The van der Waals surface area contributed by atoms with E-state index in [2.05, 4.69) is 137 Å². The largest absolute Gasteiger partial charge is 0.456 e. The SMILES string of the molecule is c1ccc(C2=NC(c3ccc4ccccc4c3-c3cccc4oc5cc6cnccc6cc5c34)NC(c3cccc4oc5ccccc5c34)N2)cc1. The molecule has 0 spiro atoms. The Kier molecular flexibility index (Phi) is 6.35. The second kappa shape index (κ2) is 11.4. The van der Waals surface area contributed by atoms with Crippen molar-refractivity contribution in [3.63, 3.8) is 0 Å². The van der Waals surface area contributed by atoms with Gasteiger partial charge in [0.05, 0.1) is 0 Å². The third kappa shape index (κ3) is 4.48. The van der Waals surface area contributed by atoms with E-state index in [1.54, 1.807) is 0 Å². The highest BCUT2D eigenvalue weighted by Gasteiger charge is 2.30. The van der Waals surface area contributed by atoms with Gasteiger partial charge in [-0.25, -0.2) is 4.99 Å². The quantitative estimate of drug-likeness (QED) is 0.195. The summed E-state index contributed by atoms with van der Waals surface area (Å²) in [7, 11) is 0. The fraction of sp³-hybridized carbons (Fsp3) is 0.0435. The van der Waals surface area contributed by atoms with Crippen molar-refractivity contribution in [3.05, 3.63) is 175 Å². The van der Waals surface area contributed by atoms with Crippen LogP contribution in [-0.4, -0.2) is 10.8 Å². The smallest absolute Gasteiger partial charge is 0.136 e. The number of aromatic nitrogens is 1. The molecule has 2 unspecified atom stereocenters. The summed E-state index contributed by atoms with van der Waals surface area (Å²) < 4.78 is 12.9. The van der Waals surface area contributed by atoms with Crippen molar-refractivity contribution in [2.24, 2.45) is 4.99 Å². The number of para-hydroxylation sites is 1. The Morgan fingerprint density at radius 2 is 1.29 bits per heavy atom. The van der Waals surface area contributed by atoms with Crippen LogP contribution in [0.5, 0.6) is 0 Å². The number of rotatable bonds is 4. The molecule has 11 rings (SSSR count). The van der Waals surface area contributed by atoms with E-state index in [9.17, 15) is 0 Å². The zero-order chi connectivity index (χ0) is 34.2. The lowest BCUT2D eigenvalue weighted by atomic mass is 9.89. The second-order valence-corrected chi connectivity index (χ2v) is 13.4. The monoisotopic (exact) mass is 670 g/mol. The summed E-state index contributed by atoms with van der Waals surface area (Å²) in [5, 5.41) is 16.5. The van der Waals surface area contributed by atoms with Crippen LogP contribution in [0.4, 0.5) is 0 Å². The van der Waals surface area contributed by atoms with E-state index < -0.39 is 6.17 Å². The first kappa shape index (κ1) is 29.0. The lowest BCUT2D eigenvalue weighted by Gasteiger charge is -2.33. The van der Waals surface area contributed by atoms with Crippen LogP contribution in [0.1, 0.15) is 29.0 Å². The van der Waals surface area contributed by atoms with Crippen molar-refractivity contribution < 1.29 is 8.83 Å². The number of pyridine rings is 1. The number of nitrogens with one attached hydrogen (secondary N) is 2. The van der Waals surface area contributed by atoms with Gasteiger partial charge in [0, 0.05) is 50.5 Å². The molecule has 1 aliphatic heterocycles. The number of nitrogens with zero attached hydrogens (tertiary/aromatic N) is 2. The molecule has 1 aliphatic rings. The molecule has 10 aromatic rings. The second-order valence-electron chi connectivity index (χ2n) is 13.4. The summed E-state index contributed by atoms with van der Waals surface area (Å²) in [6.45, 7) is 0. The highest BCUT2D eigenvalue weighted by atomic mass is 16.3. The van der Waals surface area contributed by atoms with Gasteiger partial charge in [-0.05, 0) is 69.2 Å². The van der Waals surface area contributed by atoms with E-state index in [1.165, 1.54) is 0 Å². The van der Waals surface area contributed by atoms with Crippen molar-refractivity contribution in [1.29, 1.82) is 0 Å². The number of aliphatic imine (C=N–C) groups is 1. The third-order valence-corrected chi connectivity index (χ3v) is 10.4. The third-order valence-electron chi connectivity index (χ3n) is 10.4. The first-order valence-electron chi connectivity index (χ1n) is 17.5. The van der Waals surface area contributed by atoms with Crippen LogP contribution in [0, 0.1) is 0 Å². The van der Waals surface area contributed by atoms with E-state index >= 15 is 0 Å². The van der Waals surface area contributed by atoms with Gasteiger partial charge in [0.2, 0.25) is 0 Å². The van der Waals surface area contributed by atoms with E-state index in [0.717, 1.165) is 99.1 Å². The Bertz CT molecular complexity index is 3050. The number of furan rings is 2. The highest BCUT2D eigenvalue weighted by Crippen LogP contribution is 2.44. The first-order valence-corrected chi connectivity index (χ1v) is 17.5. The van der Waals surface area contributed by atoms with Crippen LogP contribution in [0.25, 0.3) is 76.5 Å². The molecule has 0 fully saturated rings. The molecule has 2 N–H and O–H groups in total. The summed E-state index contributed by atoms with van der Waals surface area (Å²) in [4.78, 5) is 9.78. The zero-order valence-corrected chi connectivity index (χ0v) is 27.9. The number of fused-ring (bicyclic) bond motifs is 8. The maximum absolute atomic E-state index is 6.55. The first-order chi connectivity index (χ1) is 25.8. The molecular formula is C46H30N4O2. The average molecular weight is 671 g/mol. The lowest BCUT2D eigenvalue weighted by Crippen LogP contribution is -2.45. The molecule has 0 radical (unpaired) electrons. The maximum atomic E-state index is 6.55. The molecule has 6 nitrogen and oxygen atoms in total. The molecule has 246 valence electrons. The van der Waals surface area contributed by atoms with Gasteiger partial charge >= 0.3 is 0 Å². The summed E-state index contributed by atoms with van der Waals surface area (Å²) in [5.41, 5.74) is 8.85. The summed E-state index contributed by atoms with van der Waals surface area (Å²) in [5.74, 6) is 0.824. The Hall–Kier alpha value is -6.76. The minimum Gasteiger partial charge on any atom is -0.456 e. The molecule has 7 aromatic carbocycles. The normalized spacial score (nSPS) is 16.3. The van der Waals surface area contributed by atoms with Gasteiger partial charge in [-0.3, -0.25) is 10.3 Å². The summed E-state index contributed by atoms with van der Waals surface area (Å²) in [6.07, 6.45) is 3.07. The molecule has 6 heteroatoms. The van der Waals surface area contributed by atoms with E-state index in [0.29, 0.717) is 0 Å². The lowest BCUT2D eigenvalue weighted by molar-refractivity contribution is 0.411. The van der Waals surface area contributed by atoms with E-state index in [4.69, 9.17) is 13.8 Å². The number of amidine groups is 1. The van der Waals surface area contributed by atoms with Gasteiger partial charge in [-0.15, -0.1) is 0 Å². The van der Waals surface area contributed by atoms with Crippen LogP contribution in [-0.2, 0) is 0 Å². The van der Waals surface area contributed by atoms with Gasteiger partial charge in [-0.2, -0.15) is 0 Å². The Morgan fingerprint density at radius 1 is 0.519 bits per heavy atom. The van der Waals surface area contributed by atoms with Crippen LogP contribution in [0.2, 0.25) is 0 Å². The topological polar surface area (TPSA) is 75.6 Å². The Labute approximate surface area is 298 Å². The predicted molar refractivity (Wildman–Crippen MR) is 210 cm³/mol. The molecule has 2 atom stereocenters. The van der Waals surface area contributed by atoms with Crippen molar-refractivity contribution >= 4 is 71.3 Å². The molecule has 3 aromatic heterocycles. The maximum Gasteiger partial charge on any atom is 0.136 e. The fourth-order valence-corrected chi connectivity index (χ4v) is 8.10. The standard InChI is InChI=1S/C46H30N4O2/c1-2-11-28(12-3-1)44-48-45(34-16-9-19-38-42(34)32-14-6-7-17-37(32)51-38)50-46(49-44)35-21-20-27-10-4-5-13-31(27)41(35)33-15-8-18-39-43(33)36-24-29-22-23-47-26-30(29)25-40(36)52-39/h1-26,45-46,50H,(H,48,49). The van der Waals surface area contributed by atoms with E-state index in [1.807, 2.05) is 36.7 Å². The number of hydrogen-bond donors (Lipinski definition) is 2. The molecule has 0 saturated heterocycles. The van der Waals surface area contributed by atoms with Crippen LogP contribution in [0.3, 0.4) is 0 Å². The van der Waals surface area contributed by atoms with Crippen LogP contribution < -0.4 is 10.6 Å². The average Bonchev–Trinajstić information content (AvgIpc) is 3.78. The van der Waals surface area contributed by atoms with Crippen molar-refractivity contribution in [3.8, 4) is 11.1 Å². The predicted octanol–water partition coefficient (Wildman–Crippen LogP) is 11.2. The van der Waals surface area contributed by atoms with Gasteiger partial charge in [0.25, 0.3) is 0 Å². The van der Waals surface area contributed by atoms with Crippen molar-refractivity contribution in [2.75, 3.05) is 0 Å². The van der Waals surface area contributed by atoms with Gasteiger partial charge in [0.15, 0.2) is 0 Å². The van der Waals surface area contributed by atoms with Crippen molar-refractivity contribution in [2.45, 2.75) is 12.3 Å². The van der Waals surface area contributed by atoms with Crippen LogP contribution in [0.15, 0.2) is 172 Å². The molecule has 0 bridgehead atoms. The summed E-state index contributed by atoms with van der Waals surface area (Å²) >= 11 is 0. The Balaban J connectivity index is 1.16. The van der Waals surface area contributed by atoms with Gasteiger partial charge < -0.3 is 14.2 Å². The molecule has 0 aliphatic carbocycles. The van der Waals surface area contributed by atoms with Gasteiger partial charge in [0.1, 0.15) is 40.5 Å². The number of benzene rings is 7.